The molecule has 250 valence electrons. The Labute approximate surface area is 253 Å². The Balaban J connectivity index is 0.000000942. The zero-order chi connectivity index (χ0) is 35.3. The van der Waals surface area contributed by atoms with E-state index in [-0.39, 0.29) is 34.4 Å². The second kappa shape index (κ2) is 13.9. The van der Waals surface area contributed by atoms with Crippen LogP contribution in [0.4, 0.5) is 39.5 Å². The number of ketones is 1. The number of methoxy groups -OCH3 is 1. The SMILES string of the molecule is COc1ccc(C(=O)c2ccc(OCc3cc(C(F)(F)F)cc(C(F)(F)F)c3)nc2)c(OC(C)(C)C(=O)O)c1.O=C(O)C(F)(F)F. The van der Waals surface area contributed by atoms with Crippen molar-refractivity contribution in [3.05, 3.63) is 82.5 Å². The lowest BCUT2D eigenvalue weighted by molar-refractivity contribution is -0.192. The largest absolute Gasteiger partial charge is 0.497 e. The fourth-order valence-electron chi connectivity index (χ4n) is 3.24. The van der Waals surface area contributed by atoms with E-state index in [0.29, 0.717) is 17.9 Å². The fourth-order valence-corrected chi connectivity index (χ4v) is 3.24. The van der Waals surface area contributed by atoms with Gasteiger partial charge in [-0.2, -0.15) is 39.5 Å². The lowest BCUT2D eigenvalue weighted by Gasteiger charge is -2.23. The van der Waals surface area contributed by atoms with Gasteiger partial charge in [-0.15, -0.1) is 0 Å². The van der Waals surface area contributed by atoms with Crippen LogP contribution in [0.5, 0.6) is 17.4 Å². The maximum atomic E-state index is 13.1. The van der Waals surface area contributed by atoms with Crippen molar-refractivity contribution >= 4 is 17.7 Å². The summed E-state index contributed by atoms with van der Waals surface area (Å²) in [7, 11) is 1.37. The summed E-state index contributed by atoms with van der Waals surface area (Å²) in [5.74, 6) is -4.59. The molecule has 2 N–H and O–H groups in total. The summed E-state index contributed by atoms with van der Waals surface area (Å²) in [6.45, 7) is 1.92. The minimum Gasteiger partial charge on any atom is -0.497 e. The highest BCUT2D eigenvalue weighted by molar-refractivity contribution is 6.10. The van der Waals surface area contributed by atoms with Crippen molar-refractivity contribution in [1.29, 1.82) is 0 Å². The van der Waals surface area contributed by atoms with E-state index in [1.807, 2.05) is 0 Å². The molecule has 2 aromatic carbocycles. The molecule has 0 atom stereocenters. The molecule has 46 heavy (non-hydrogen) atoms. The number of halogens is 9. The molecule has 0 saturated heterocycles. The number of carbonyl (C=O) groups excluding carboxylic acids is 1. The lowest BCUT2D eigenvalue weighted by atomic mass is 10.0. The number of aliphatic carboxylic acids is 2. The normalized spacial score (nSPS) is 12.0. The number of nitrogens with zero attached hydrogens (tertiary/aromatic N) is 1. The molecule has 0 radical (unpaired) electrons. The van der Waals surface area contributed by atoms with Crippen LogP contribution in [-0.4, -0.2) is 51.8 Å². The van der Waals surface area contributed by atoms with E-state index in [0.717, 1.165) is 6.20 Å². The van der Waals surface area contributed by atoms with Crippen LogP contribution >= 0.6 is 0 Å². The molecule has 0 saturated carbocycles. The van der Waals surface area contributed by atoms with Gasteiger partial charge in [0.05, 0.1) is 23.8 Å². The van der Waals surface area contributed by atoms with Crippen LogP contribution in [0.2, 0.25) is 0 Å². The van der Waals surface area contributed by atoms with Crippen molar-refractivity contribution in [1.82, 2.24) is 4.98 Å². The highest BCUT2D eigenvalue weighted by Crippen LogP contribution is 2.36. The molecule has 0 bridgehead atoms. The van der Waals surface area contributed by atoms with Gasteiger partial charge in [0, 0.05) is 23.9 Å². The summed E-state index contributed by atoms with van der Waals surface area (Å²) < 4.78 is 126. The Morgan fingerprint density at radius 1 is 0.783 bits per heavy atom. The second-order valence-electron chi connectivity index (χ2n) is 9.50. The summed E-state index contributed by atoms with van der Waals surface area (Å²) in [4.78, 5) is 37.4. The van der Waals surface area contributed by atoms with Gasteiger partial charge in [-0.1, -0.05) is 0 Å². The maximum absolute atomic E-state index is 13.1. The number of carboxylic acids is 2. The molecule has 18 heteroatoms. The van der Waals surface area contributed by atoms with E-state index in [1.54, 1.807) is 0 Å². The molecular weight excluding hydrogens is 649 g/mol. The zero-order valence-corrected chi connectivity index (χ0v) is 23.6. The van der Waals surface area contributed by atoms with Crippen molar-refractivity contribution in [3.8, 4) is 17.4 Å². The van der Waals surface area contributed by atoms with E-state index in [1.165, 1.54) is 51.3 Å². The lowest BCUT2D eigenvalue weighted by Crippen LogP contribution is -2.38. The average molecular weight is 671 g/mol. The van der Waals surface area contributed by atoms with Crippen LogP contribution in [0.25, 0.3) is 0 Å². The zero-order valence-electron chi connectivity index (χ0n) is 23.6. The van der Waals surface area contributed by atoms with Gasteiger partial charge in [0.15, 0.2) is 11.4 Å². The van der Waals surface area contributed by atoms with Crippen LogP contribution in [-0.2, 0) is 28.5 Å². The molecule has 1 aromatic heterocycles. The number of hydrogen-bond donors (Lipinski definition) is 2. The molecule has 9 nitrogen and oxygen atoms in total. The third-order valence-electron chi connectivity index (χ3n) is 5.59. The highest BCUT2D eigenvalue weighted by atomic mass is 19.4. The Bertz CT molecular complexity index is 1530. The van der Waals surface area contributed by atoms with Gasteiger partial charge in [-0.25, -0.2) is 14.6 Å². The number of ether oxygens (including phenoxy) is 3. The molecule has 0 fully saturated rings. The number of alkyl halides is 9. The number of benzene rings is 2. The first kappa shape index (κ1) is 37.2. The molecule has 0 aliphatic rings. The first-order chi connectivity index (χ1) is 21.0. The van der Waals surface area contributed by atoms with E-state index in [4.69, 9.17) is 24.1 Å². The summed E-state index contributed by atoms with van der Waals surface area (Å²) in [5.41, 5.74) is -5.03. The third-order valence-corrected chi connectivity index (χ3v) is 5.59. The van der Waals surface area contributed by atoms with Crippen molar-refractivity contribution < 1.29 is 78.3 Å². The smallest absolute Gasteiger partial charge is 0.490 e. The Hall–Kier alpha value is -5.03. The highest BCUT2D eigenvalue weighted by Gasteiger charge is 2.38. The van der Waals surface area contributed by atoms with E-state index in [9.17, 15) is 54.2 Å². The van der Waals surface area contributed by atoms with E-state index in [2.05, 4.69) is 4.98 Å². The molecule has 0 spiro atoms. The summed E-state index contributed by atoms with van der Waals surface area (Å²) >= 11 is 0. The van der Waals surface area contributed by atoms with Crippen LogP contribution < -0.4 is 14.2 Å². The van der Waals surface area contributed by atoms with Gasteiger partial charge in [0.1, 0.15) is 18.1 Å². The predicted molar refractivity (Wildman–Crippen MR) is 137 cm³/mol. The monoisotopic (exact) mass is 671 g/mol. The van der Waals surface area contributed by atoms with Crippen LogP contribution in [0.3, 0.4) is 0 Å². The van der Waals surface area contributed by atoms with Gasteiger partial charge < -0.3 is 24.4 Å². The molecule has 3 rings (SSSR count). The molecule has 0 aliphatic heterocycles. The second-order valence-corrected chi connectivity index (χ2v) is 9.50. The van der Waals surface area contributed by atoms with Gasteiger partial charge in [0.25, 0.3) is 0 Å². The number of aromatic nitrogens is 1. The quantitative estimate of drug-likeness (QED) is 0.186. The van der Waals surface area contributed by atoms with E-state index >= 15 is 0 Å². The fraction of sp³-hybridized carbons (Fsp3) is 0.286. The minimum atomic E-state index is -5.08. The summed E-state index contributed by atoms with van der Waals surface area (Å²) in [6, 6.07) is 7.73. The number of carboxylic acid groups (broad SMARTS) is 2. The minimum absolute atomic E-state index is 0.00996. The first-order valence-electron chi connectivity index (χ1n) is 12.3. The van der Waals surface area contributed by atoms with Gasteiger partial charge in [0.2, 0.25) is 5.88 Å². The van der Waals surface area contributed by atoms with Crippen molar-refractivity contribution in [2.45, 2.75) is 44.6 Å². The third kappa shape index (κ3) is 10.3. The molecule has 0 amide bonds. The van der Waals surface area contributed by atoms with Crippen molar-refractivity contribution in [3.63, 3.8) is 0 Å². The summed E-state index contributed by atoms with van der Waals surface area (Å²) in [5, 5.41) is 16.5. The standard InChI is InChI=1S/C26H21F6NO6.C2HF3O2/c1-24(2,23(35)36)39-20-11-18(37-3)5-6-19(20)22(34)15-4-7-21(33-12-15)38-13-14-8-16(25(27,28)29)10-17(9-14)26(30,31)32;3-2(4,5)1(6)7/h4-12H,13H2,1-3H3,(H,35,36);(H,6,7). The summed E-state index contributed by atoms with van der Waals surface area (Å²) in [6.07, 6.45) is -14.0. The average Bonchev–Trinajstić information content (AvgIpc) is 2.94. The van der Waals surface area contributed by atoms with Crippen LogP contribution in [0.15, 0.2) is 54.7 Å². The van der Waals surface area contributed by atoms with Crippen LogP contribution in [0, 0.1) is 0 Å². The molecule has 1 heterocycles. The van der Waals surface area contributed by atoms with Gasteiger partial charge in [-0.3, -0.25) is 4.79 Å². The first-order valence-corrected chi connectivity index (χ1v) is 12.3. The van der Waals surface area contributed by atoms with Gasteiger partial charge in [-0.05, 0) is 55.8 Å². The van der Waals surface area contributed by atoms with Crippen molar-refractivity contribution in [2.24, 2.45) is 0 Å². The van der Waals surface area contributed by atoms with Crippen molar-refractivity contribution in [2.75, 3.05) is 7.11 Å². The maximum Gasteiger partial charge on any atom is 0.490 e. The molecule has 0 unspecified atom stereocenters. The molecule has 0 aliphatic carbocycles. The number of carbonyl (C=O) groups is 3. The Morgan fingerprint density at radius 3 is 1.74 bits per heavy atom. The number of hydrogen-bond acceptors (Lipinski definition) is 7. The predicted octanol–water partition coefficient (Wildman–Crippen LogP) is 6.81. The number of rotatable bonds is 9. The Kier molecular flexibility index (Phi) is 11.3. The molecular formula is C28H22F9NO8. The van der Waals surface area contributed by atoms with E-state index < -0.39 is 59.6 Å². The van der Waals surface area contributed by atoms with Gasteiger partial charge >= 0.3 is 30.5 Å². The molecule has 3 aromatic rings. The topological polar surface area (TPSA) is 132 Å². The Morgan fingerprint density at radius 2 is 1.33 bits per heavy atom. The van der Waals surface area contributed by atoms with Crippen LogP contribution in [0.1, 0.15) is 46.5 Å². The number of pyridine rings is 1.